The van der Waals surface area contributed by atoms with Crippen molar-refractivity contribution in [3.63, 3.8) is 0 Å². The highest BCUT2D eigenvalue weighted by Crippen LogP contribution is 2.48. The molecule has 27 heavy (non-hydrogen) atoms. The van der Waals surface area contributed by atoms with Gasteiger partial charge in [-0.25, -0.2) is 18.2 Å². The molecule has 1 fully saturated rings. The molecular weight excluding hydrogens is 359 g/mol. The molecular formula is C19H18F3N3O2. The fourth-order valence-corrected chi connectivity index (χ4v) is 4.04. The summed E-state index contributed by atoms with van der Waals surface area (Å²) in [5.74, 6) is -2.01. The minimum Gasteiger partial charge on any atom is -0.336 e. The Morgan fingerprint density at radius 2 is 2.11 bits per heavy atom. The number of allylic oxidation sites excluding steroid dienone is 1. The Balaban J connectivity index is 1.86. The van der Waals surface area contributed by atoms with Gasteiger partial charge in [0.15, 0.2) is 17.3 Å². The van der Waals surface area contributed by atoms with Crippen molar-refractivity contribution in [1.29, 1.82) is 5.26 Å². The number of likely N-dealkylation sites (tertiary alicyclic amines) is 1. The van der Waals surface area contributed by atoms with Crippen LogP contribution >= 0.6 is 0 Å². The third kappa shape index (κ3) is 3.34. The standard InChI is InChI=1S/C19H18F3N3O2/c1-18(2)9-19(6-12(7-23)15(18)26)3-4-25(10-19)17(27)14-13(20)5-11(8-24-14)16(21)22/h5-6,8,16H,3-4,9-10H2,1-2H3. The van der Waals surface area contributed by atoms with Gasteiger partial charge in [0.2, 0.25) is 0 Å². The zero-order valence-corrected chi connectivity index (χ0v) is 14.9. The molecule has 0 bridgehead atoms. The molecule has 1 aromatic heterocycles. The second kappa shape index (κ2) is 6.48. The van der Waals surface area contributed by atoms with Gasteiger partial charge in [-0.15, -0.1) is 0 Å². The van der Waals surface area contributed by atoms with Crippen LogP contribution in [-0.2, 0) is 4.79 Å². The topological polar surface area (TPSA) is 74.1 Å². The molecule has 1 atom stereocenters. The van der Waals surface area contributed by atoms with Crippen LogP contribution in [0.3, 0.4) is 0 Å². The Morgan fingerprint density at radius 1 is 1.41 bits per heavy atom. The van der Waals surface area contributed by atoms with Crippen molar-refractivity contribution in [2.75, 3.05) is 13.1 Å². The average Bonchev–Trinajstić information content (AvgIpc) is 3.00. The number of hydrogen-bond acceptors (Lipinski definition) is 4. The molecule has 2 aliphatic rings. The third-order valence-electron chi connectivity index (χ3n) is 5.21. The lowest BCUT2D eigenvalue weighted by Crippen LogP contribution is -2.41. The van der Waals surface area contributed by atoms with Crippen LogP contribution in [0.2, 0.25) is 0 Å². The van der Waals surface area contributed by atoms with Crippen LogP contribution in [0.4, 0.5) is 13.2 Å². The molecule has 1 saturated heterocycles. The lowest BCUT2D eigenvalue weighted by molar-refractivity contribution is -0.125. The van der Waals surface area contributed by atoms with Crippen molar-refractivity contribution in [1.82, 2.24) is 9.88 Å². The van der Waals surface area contributed by atoms with Gasteiger partial charge in [-0.3, -0.25) is 9.59 Å². The van der Waals surface area contributed by atoms with E-state index < -0.39 is 40.2 Å². The molecule has 0 radical (unpaired) electrons. The van der Waals surface area contributed by atoms with Crippen LogP contribution in [-0.4, -0.2) is 34.7 Å². The third-order valence-corrected chi connectivity index (χ3v) is 5.21. The van der Waals surface area contributed by atoms with Crippen molar-refractivity contribution in [3.05, 3.63) is 41.0 Å². The lowest BCUT2D eigenvalue weighted by atomic mass is 9.64. The zero-order valence-electron chi connectivity index (χ0n) is 14.9. The van der Waals surface area contributed by atoms with Crippen LogP contribution in [0.15, 0.2) is 23.9 Å². The Morgan fingerprint density at radius 3 is 2.70 bits per heavy atom. The smallest absolute Gasteiger partial charge is 0.275 e. The number of carbonyl (C=O) groups excluding carboxylic acids is 2. The summed E-state index contributed by atoms with van der Waals surface area (Å²) in [5, 5.41) is 9.26. The molecule has 142 valence electrons. The van der Waals surface area contributed by atoms with Gasteiger partial charge < -0.3 is 4.90 Å². The number of halogens is 3. The van der Waals surface area contributed by atoms with Crippen LogP contribution in [0.25, 0.3) is 0 Å². The number of Topliss-reactive ketones (excluding diaryl/α,β-unsaturated/α-hetero) is 1. The van der Waals surface area contributed by atoms with E-state index in [9.17, 15) is 28.0 Å². The van der Waals surface area contributed by atoms with E-state index in [2.05, 4.69) is 4.98 Å². The van der Waals surface area contributed by atoms with Crippen molar-refractivity contribution < 1.29 is 22.8 Å². The summed E-state index contributed by atoms with van der Waals surface area (Å²) in [5.41, 5.74) is -2.30. The second-order valence-electron chi connectivity index (χ2n) is 7.80. The fourth-order valence-electron chi connectivity index (χ4n) is 4.04. The van der Waals surface area contributed by atoms with E-state index >= 15 is 0 Å². The van der Waals surface area contributed by atoms with E-state index in [1.807, 2.05) is 6.07 Å². The Labute approximate surface area is 154 Å². The van der Waals surface area contributed by atoms with Crippen LogP contribution in [0.1, 0.15) is 49.2 Å². The number of nitriles is 1. The molecule has 1 aromatic rings. The maximum absolute atomic E-state index is 14.1. The first-order chi connectivity index (χ1) is 12.6. The highest BCUT2D eigenvalue weighted by Gasteiger charge is 2.49. The predicted octanol–water partition coefficient (Wildman–Crippen LogP) is 3.44. The maximum atomic E-state index is 14.1. The summed E-state index contributed by atoms with van der Waals surface area (Å²) in [6, 6.07) is 2.54. The Bertz CT molecular complexity index is 889. The Kier molecular flexibility index (Phi) is 4.58. The van der Waals surface area contributed by atoms with Gasteiger partial charge in [0.1, 0.15) is 6.07 Å². The number of nitrogens with zero attached hydrogens (tertiary/aromatic N) is 3. The van der Waals surface area contributed by atoms with E-state index in [1.165, 1.54) is 4.90 Å². The number of hydrogen-bond donors (Lipinski definition) is 0. The summed E-state index contributed by atoms with van der Waals surface area (Å²) in [6.45, 7) is 4.04. The van der Waals surface area contributed by atoms with E-state index in [1.54, 1.807) is 19.9 Å². The van der Waals surface area contributed by atoms with E-state index in [0.29, 0.717) is 25.5 Å². The highest BCUT2D eigenvalue weighted by atomic mass is 19.3. The quantitative estimate of drug-likeness (QED) is 0.791. The summed E-state index contributed by atoms with van der Waals surface area (Å²) in [7, 11) is 0. The molecule has 0 aromatic carbocycles. The van der Waals surface area contributed by atoms with Gasteiger partial charge in [0, 0.05) is 35.7 Å². The maximum Gasteiger partial charge on any atom is 0.275 e. The van der Waals surface area contributed by atoms with Crippen molar-refractivity contribution in [3.8, 4) is 6.07 Å². The fraction of sp³-hybridized carbons (Fsp3) is 0.474. The molecule has 1 unspecified atom stereocenters. The molecule has 2 heterocycles. The first-order valence-corrected chi connectivity index (χ1v) is 8.49. The molecule has 8 heteroatoms. The molecule has 5 nitrogen and oxygen atoms in total. The minimum absolute atomic E-state index is 0.0751. The summed E-state index contributed by atoms with van der Waals surface area (Å²) >= 11 is 0. The molecule has 3 rings (SSSR count). The van der Waals surface area contributed by atoms with E-state index in [4.69, 9.17) is 0 Å². The number of carbonyl (C=O) groups is 2. The zero-order chi connectivity index (χ0) is 20.0. The van der Waals surface area contributed by atoms with Crippen molar-refractivity contribution >= 4 is 11.7 Å². The molecule has 1 aliphatic heterocycles. The van der Waals surface area contributed by atoms with Gasteiger partial charge in [0.05, 0.1) is 5.57 Å². The van der Waals surface area contributed by atoms with Gasteiger partial charge in [0.25, 0.3) is 12.3 Å². The molecule has 1 aliphatic carbocycles. The highest BCUT2D eigenvalue weighted by molar-refractivity contribution is 6.03. The molecule has 0 N–H and O–H groups in total. The van der Waals surface area contributed by atoms with Crippen molar-refractivity contribution in [2.24, 2.45) is 10.8 Å². The monoisotopic (exact) mass is 377 g/mol. The number of ketones is 1. The van der Waals surface area contributed by atoms with E-state index in [-0.39, 0.29) is 17.9 Å². The van der Waals surface area contributed by atoms with E-state index in [0.717, 1.165) is 6.20 Å². The number of rotatable bonds is 2. The van der Waals surface area contributed by atoms with Gasteiger partial charge in [-0.1, -0.05) is 19.9 Å². The van der Waals surface area contributed by atoms with Crippen LogP contribution in [0, 0.1) is 28.0 Å². The normalized spacial score (nSPS) is 24.3. The number of amides is 1. The summed E-state index contributed by atoms with van der Waals surface area (Å²) in [6.07, 6.45) is 0.536. The first kappa shape index (κ1) is 19.1. The van der Waals surface area contributed by atoms with Gasteiger partial charge >= 0.3 is 0 Å². The van der Waals surface area contributed by atoms with Crippen LogP contribution < -0.4 is 0 Å². The number of aromatic nitrogens is 1. The van der Waals surface area contributed by atoms with Gasteiger partial charge in [-0.2, -0.15) is 5.26 Å². The summed E-state index contributed by atoms with van der Waals surface area (Å²) < 4.78 is 39.4. The minimum atomic E-state index is -2.87. The second-order valence-corrected chi connectivity index (χ2v) is 7.80. The summed E-state index contributed by atoms with van der Waals surface area (Å²) in [4.78, 5) is 29.9. The molecule has 0 saturated carbocycles. The number of alkyl halides is 2. The average molecular weight is 377 g/mol. The Hall–Kier alpha value is -2.69. The molecule has 1 spiro atoms. The molecule has 1 amide bonds. The largest absolute Gasteiger partial charge is 0.336 e. The van der Waals surface area contributed by atoms with Gasteiger partial charge in [-0.05, 0) is 18.9 Å². The SMILES string of the molecule is CC1(C)CC2(C=C(C#N)C1=O)CCN(C(=O)c1ncc(C(F)F)cc1F)C2. The predicted molar refractivity (Wildman–Crippen MR) is 89.2 cm³/mol. The van der Waals surface area contributed by atoms with Crippen molar-refractivity contribution in [2.45, 2.75) is 33.1 Å². The lowest BCUT2D eigenvalue weighted by Gasteiger charge is -2.38. The number of pyridine rings is 1. The first-order valence-electron chi connectivity index (χ1n) is 8.49. The van der Waals surface area contributed by atoms with Crippen LogP contribution in [0.5, 0.6) is 0 Å².